The molecular weight excluding hydrogens is 367 g/mol. The summed E-state index contributed by atoms with van der Waals surface area (Å²) in [5.74, 6) is -5.42. The molecular formula is C18H20F3NO5. The van der Waals surface area contributed by atoms with E-state index in [4.69, 9.17) is 14.6 Å². The van der Waals surface area contributed by atoms with Crippen LogP contribution in [0.2, 0.25) is 0 Å². The quantitative estimate of drug-likeness (QED) is 0.728. The lowest BCUT2D eigenvalue weighted by atomic mass is 9.96. The monoisotopic (exact) mass is 387 g/mol. The standard InChI is InChI=1S/C18H20F3NO5/c1-3-4-11-5-6-14(15(7-11)26-2)27-10-16(23)22-8-12(17(24)25)13(9-22)18(19,20)21/h3,5-7,12-13H,1,4,8-10H2,2H3,(H,24,25)/t12-,13-/m1/s1. The van der Waals surface area contributed by atoms with Crippen molar-refractivity contribution in [1.29, 1.82) is 0 Å². The second-order valence-electron chi connectivity index (χ2n) is 6.16. The van der Waals surface area contributed by atoms with E-state index in [0.29, 0.717) is 12.2 Å². The first kappa shape index (κ1) is 20.6. The van der Waals surface area contributed by atoms with Crippen molar-refractivity contribution in [2.75, 3.05) is 26.8 Å². The molecule has 1 aromatic rings. The molecule has 1 saturated heterocycles. The van der Waals surface area contributed by atoms with Crippen LogP contribution in [-0.2, 0) is 16.0 Å². The Hall–Kier alpha value is -2.71. The number of hydrogen-bond acceptors (Lipinski definition) is 4. The number of halogens is 3. The van der Waals surface area contributed by atoms with Crippen LogP contribution in [0.15, 0.2) is 30.9 Å². The van der Waals surface area contributed by atoms with Gasteiger partial charge in [-0.25, -0.2) is 0 Å². The minimum atomic E-state index is -4.69. The highest BCUT2D eigenvalue weighted by atomic mass is 19.4. The van der Waals surface area contributed by atoms with Crippen LogP contribution in [0.1, 0.15) is 5.56 Å². The second-order valence-corrected chi connectivity index (χ2v) is 6.16. The molecule has 6 nitrogen and oxygen atoms in total. The largest absolute Gasteiger partial charge is 0.493 e. The minimum Gasteiger partial charge on any atom is -0.493 e. The van der Waals surface area contributed by atoms with Gasteiger partial charge in [-0.05, 0) is 24.1 Å². The van der Waals surface area contributed by atoms with E-state index in [-0.39, 0.29) is 5.75 Å². The normalized spacial score (nSPS) is 19.6. The molecule has 0 bridgehead atoms. The molecule has 0 saturated carbocycles. The van der Waals surface area contributed by atoms with Crippen LogP contribution in [0, 0.1) is 11.8 Å². The second kappa shape index (κ2) is 8.32. The van der Waals surface area contributed by atoms with E-state index in [2.05, 4.69) is 6.58 Å². The zero-order valence-corrected chi connectivity index (χ0v) is 14.7. The van der Waals surface area contributed by atoms with Crippen molar-refractivity contribution in [3.05, 3.63) is 36.4 Å². The molecule has 0 aliphatic carbocycles. The van der Waals surface area contributed by atoms with Gasteiger partial charge in [0.2, 0.25) is 0 Å². The van der Waals surface area contributed by atoms with E-state index in [1.54, 1.807) is 24.3 Å². The summed E-state index contributed by atoms with van der Waals surface area (Å²) in [5.41, 5.74) is 0.914. The first-order valence-electron chi connectivity index (χ1n) is 8.15. The van der Waals surface area contributed by atoms with Gasteiger partial charge in [0.25, 0.3) is 5.91 Å². The molecule has 1 aliphatic heterocycles. The van der Waals surface area contributed by atoms with Crippen molar-refractivity contribution in [2.24, 2.45) is 11.8 Å². The molecule has 1 heterocycles. The number of allylic oxidation sites excluding steroid dienone is 1. The fourth-order valence-corrected chi connectivity index (χ4v) is 2.95. The van der Waals surface area contributed by atoms with Crippen LogP contribution in [0.4, 0.5) is 13.2 Å². The fourth-order valence-electron chi connectivity index (χ4n) is 2.95. The van der Waals surface area contributed by atoms with Crippen LogP contribution < -0.4 is 9.47 Å². The van der Waals surface area contributed by atoms with Crippen molar-refractivity contribution < 1.29 is 37.3 Å². The van der Waals surface area contributed by atoms with E-state index >= 15 is 0 Å². The summed E-state index contributed by atoms with van der Waals surface area (Å²) in [5, 5.41) is 9.00. The Morgan fingerprint density at radius 3 is 2.56 bits per heavy atom. The number of carboxylic acids is 1. The third-order valence-electron chi connectivity index (χ3n) is 4.37. The van der Waals surface area contributed by atoms with Crippen LogP contribution in [0.3, 0.4) is 0 Å². The SMILES string of the molecule is C=CCc1ccc(OCC(=O)N2C[C@@H](C(F)(F)F)[C@H](C(=O)O)C2)c(OC)c1. The summed E-state index contributed by atoms with van der Waals surface area (Å²) >= 11 is 0. The zero-order valence-electron chi connectivity index (χ0n) is 14.7. The maximum absolute atomic E-state index is 13.0. The van der Waals surface area contributed by atoms with Crippen molar-refractivity contribution in [3.63, 3.8) is 0 Å². The fraction of sp³-hybridized carbons (Fsp3) is 0.444. The number of carboxylic acid groups (broad SMARTS) is 1. The molecule has 27 heavy (non-hydrogen) atoms. The number of likely N-dealkylation sites (tertiary alicyclic amines) is 1. The number of benzene rings is 1. The molecule has 2 atom stereocenters. The van der Waals surface area contributed by atoms with Gasteiger partial charge in [0.15, 0.2) is 18.1 Å². The molecule has 2 rings (SSSR count). The maximum atomic E-state index is 13.0. The van der Waals surface area contributed by atoms with E-state index in [9.17, 15) is 22.8 Å². The number of rotatable bonds is 7. The molecule has 0 radical (unpaired) electrons. The highest BCUT2D eigenvalue weighted by molar-refractivity contribution is 5.80. The highest BCUT2D eigenvalue weighted by Gasteiger charge is 2.53. The number of carbonyl (C=O) groups is 2. The lowest BCUT2D eigenvalue weighted by molar-refractivity contribution is -0.188. The Balaban J connectivity index is 2.04. The lowest BCUT2D eigenvalue weighted by Crippen LogP contribution is -2.35. The topological polar surface area (TPSA) is 76.1 Å². The number of hydrogen-bond donors (Lipinski definition) is 1. The summed E-state index contributed by atoms with van der Waals surface area (Å²) in [6.45, 7) is 1.92. The molecule has 148 valence electrons. The van der Waals surface area contributed by atoms with E-state index < -0.39 is 49.6 Å². The van der Waals surface area contributed by atoms with Gasteiger partial charge in [0.1, 0.15) is 0 Å². The number of methoxy groups -OCH3 is 1. The molecule has 0 unspecified atom stereocenters. The van der Waals surface area contributed by atoms with Crippen molar-refractivity contribution in [1.82, 2.24) is 4.90 Å². The van der Waals surface area contributed by atoms with Gasteiger partial charge in [-0.1, -0.05) is 12.1 Å². The van der Waals surface area contributed by atoms with Gasteiger partial charge < -0.3 is 19.5 Å². The molecule has 1 N–H and O–H groups in total. The third kappa shape index (κ3) is 4.93. The van der Waals surface area contributed by atoms with E-state index in [0.717, 1.165) is 10.5 Å². The summed E-state index contributed by atoms with van der Waals surface area (Å²) in [7, 11) is 1.42. The Labute approximate surface area is 154 Å². The Morgan fingerprint density at radius 2 is 2.04 bits per heavy atom. The smallest absolute Gasteiger partial charge is 0.394 e. The minimum absolute atomic E-state index is 0.264. The number of aliphatic carboxylic acids is 1. The number of carbonyl (C=O) groups excluding carboxylic acids is 1. The zero-order chi connectivity index (χ0) is 20.2. The summed E-state index contributed by atoms with van der Waals surface area (Å²) in [6, 6.07) is 5.05. The molecule has 1 fully saturated rings. The van der Waals surface area contributed by atoms with Gasteiger partial charge in [0.05, 0.1) is 18.9 Å². The van der Waals surface area contributed by atoms with Crippen LogP contribution >= 0.6 is 0 Å². The summed E-state index contributed by atoms with van der Waals surface area (Å²) in [6.07, 6.45) is -2.37. The molecule has 9 heteroatoms. The number of ether oxygens (including phenoxy) is 2. The number of amides is 1. The number of alkyl halides is 3. The summed E-state index contributed by atoms with van der Waals surface area (Å²) in [4.78, 5) is 24.2. The Kier molecular flexibility index (Phi) is 6.35. The molecule has 1 aliphatic rings. The Bertz CT molecular complexity index is 719. The predicted octanol–water partition coefficient (Wildman–Crippen LogP) is 2.52. The predicted molar refractivity (Wildman–Crippen MR) is 89.6 cm³/mol. The lowest BCUT2D eigenvalue weighted by Gasteiger charge is -2.19. The maximum Gasteiger partial charge on any atom is 0.394 e. The molecule has 0 aromatic heterocycles. The molecule has 0 spiro atoms. The first-order valence-corrected chi connectivity index (χ1v) is 8.15. The average Bonchev–Trinajstić information content (AvgIpc) is 3.06. The Morgan fingerprint density at radius 1 is 1.33 bits per heavy atom. The number of nitrogens with zero attached hydrogens (tertiary/aromatic N) is 1. The first-order chi connectivity index (χ1) is 12.7. The van der Waals surface area contributed by atoms with Crippen LogP contribution in [0.5, 0.6) is 11.5 Å². The molecule has 1 amide bonds. The van der Waals surface area contributed by atoms with Gasteiger partial charge in [0, 0.05) is 13.1 Å². The highest BCUT2D eigenvalue weighted by Crippen LogP contribution is 2.38. The van der Waals surface area contributed by atoms with Crippen molar-refractivity contribution in [3.8, 4) is 11.5 Å². The van der Waals surface area contributed by atoms with E-state index in [1.807, 2.05) is 0 Å². The van der Waals surface area contributed by atoms with Crippen LogP contribution in [-0.4, -0.2) is 54.9 Å². The van der Waals surface area contributed by atoms with Gasteiger partial charge >= 0.3 is 12.1 Å². The average molecular weight is 387 g/mol. The van der Waals surface area contributed by atoms with E-state index in [1.165, 1.54) is 7.11 Å². The van der Waals surface area contributed by atoms with Crippen LogP contribution in [0.25, 0.3) is 0 Å². The third-order valence-corrected chi connectivity index (χ3v) is 4.37. The van der Waals surface area contributed by atoms with Gasteiger partial charge in [-0.2, -0.15) is 13.2 Å². The van der Waals surface area contributed by atoms with Crippen molar-refractivity contribution >= 4 is 11.9 Å². The summed E-state index contributed by atoms with van der Waals surface area (Å²) < 4.78 is 49.6. The molecule has 1 aromatic carbocycles. The van der Waals surface area contributed by atoms with Crippen molar-refractivity contribution in [2.45, 2.75) is 12.6 Å². The van der Waals surface area contributed by atoms with Gasteiger partial charge in [-0.3, -0.25) is 9.59 Å². The van der Waals surface area contributed by atoms with Gasteiger partial charge in [-0.15, -0.1) is 6.58 Å².